The maximum Gasteiger partial charge on any atom is 0.267 e. The molecule has 0 aliphatic heterocycles. The van der Waals surface area contributed by atoms with Crippen LogP contribution in [0.2, 0.25) is 0 Å². The molecule has 0 saturated carbocycles. The van der Waals surface area contributed by atoms with Crippen LogP contribution in [0.3, 0.4) is 0 Å². The number of carbonyl (C=O) groups is 1. The molecule has 0 saturated heterocycles. The minimum atomic E-state index is -0.599. The summed E-state index contributed by atoms with van der Waals surface area (Å²) in [5.41, 5.74) is 0.679. The number of phenolic OH excluding ortho intramolecular Hbond substituents is 1. The molecular weight excluding hydrogens is 322 g/mol. The van der Waals surface area contributed by atoms with Crippen LogP contribution in [0, 0.1) is 11.3 Å². The number of nitrogens with one attached hydrogen (secondary N) is 2. The summed E-state index contributed by atoms with van der Waals surface area (Å²) < 4.78 is 10.3. The highest BCUT2D eigenvalue weighted by Crippen LogP contribution is 2.30. The quantitative estimate of drug-likeness (QED) is 0.425. The maximum atomic E-state index is 12.2. The van der Waals surface area contributed by atoms with E-state index in [1.807, 2.05) is 6.07 Å². The molecule has 2 aromatic rings. The molecule has 7 heteroatoms. The van der Waals surface area contributed by atoms with E-state index in [0.29, 0.717) is 22.9 Å². The first-order chi connectivity index (χ1) is 12.1. The summed E-state index contributed by atoms with van der Waals surface area (Å²) in [4.78, 5) is 12.2. The fraction of sp³-hybridized carbons (Fsp3) is 0.111. The van der Waals surface area contributed by atoms with Gasteiger partial charge in [0.15, 0.2) is 11.5 Å². The largest absolute Gasteiger partial charge is 0.506 e. The molecule has 0 radical (unpaired) electrons. The van der Waals surface area contributed by atoms with Gasteiger partial charge in [0.05, 0.1) is 19.9 Å². The number of aromatic hydroxyl groups is 1. The number of phenols is 1. The third kappa shape index (κ3) is 4.42. The normalized spacial score (nSPS) is 10.5. The lowest BCUT2D eigenvalue weighted by atomic mass is 10.2. The van der Waals surface area contributed by atoms with E-state index in [1.54, 1.807) is 36.4 Å². The highest BCUT2D eigenvalue weighted by Gasteiger charge is 2.12. The van der Waals surface area contributed by atoms with E-state index in [1.165, 1.54) is 26.5 Å². The van der Waals surface area contributed by atoms with Gasteiger partial charge in [-0.2, -0.15) is 5.26 Å². The van der Waals surface area contributed by atoms with Gasteiger partial charge in [0.1, 0.15) is 17.4 Å². The van der Waals surface area contributed by atoms with Crippen molar-refractivity contribution in [3.05, 3.63) is 54.2 Å². The number of nitrogens with zero attached hydrogens (tertiary/aromatic N) is 1. The van der Waals surface area contributed by atoms with Crippen LogP contribution in [0.4, 0.5) is 11.4 Å². The summed E-state index contributed by atoms with van der Waals surface area (Å²) in [6, 6.07) is 13.2. The van der Waals surface area contributed by atoms with Crippen LogP contribution >= 0.6 is 0 Å². The number of benzene rings is 2. The van der Waals surface area contributed by atoms with Crippen LogP contribution in [-0.4, -0.2) is 25.2 Å². The zero-order valence-electron chi connectivity index (χ0n) is 13.7. The van der Waals surface area contributed by atoms with Gasteiger partial charge in [-0.3, -0.25) is 4.79 Å². The second-order valence-corrected chi connectivity index (χ2v) is 4.86. The summed E-state index contributed by atoms with van der Waals surface area (Å²) in [6.45, 7) is 0. The number of para-hydroxylation sites is 2. The van der Waals surface area contributed by atoms with Gasteiger partial charge >= 0.3 is 0 Å². The lowest BCUT2D eigenvalue weighted by Crippen LogP contribution is -2.14. The Morgan fingerprint density at radius 1 is 1.16 bits per heavy atom. The van der Waals surface area contributed by atoms with E-state index in [9.17, 15) is 15.2 Å². The Labute approximate surface area is 145 Å². The Bertz CT molecular complexity index is 840. The highest BCUT2D eigenvalue weighted by atomic mass is 16.5. The zero-order valence-corrected chi connectivity index (χ0v) is 13.7. The second kappa shape index (κ2) is 8.26. The molecule has 3 N–H and O–H groups in total. The standard InChI is InChI=1S/C18H17N3O4/c1-24-16-8-7-13(9-17(16)25-2)21-18(23)12(10-19)11-20-14-5-3-4-6-15(14)22/h3-9,11,20,22H,1-2H3,(H,21,23)/b12-11-. The van der Waals surface area contributed by atoms with Crippen LogP contribution < -0.4 is 20.1 Å². The first-order valence-electron chi connectivity index (χ1n) is 7.27. The van der Waals surface area contributed by atoms with Crippen molar-refractivity contribution >= 4 is 17.3 Å². The molecule has 25 heavy (non-hydrogen) atoms. The molecule has 128 valence electrons. The number of hydrogen-bond acceptors (Lipinski definition) is 6. The van der Waals surface area contributed by atoms with Gasteiger partial charge in [0.2, 0.25) is 0 Å². The molecule has 1 amide bonds. The summed E-state index contributed by atoms with van der Waals surface area (Å²) >= 11 is 0. The van der Waals surface area contributed by atoms with E-state index in [0.717, 1.165) is 0 Å². The number of nitriles is 1. The van der Waals surface area contributed by atoms with Crippen LogP contribution in [0.15, 0.2) is 54.2 Å². The third-order valence-corrected chi connectivity index (χ3v) is 3.28. The molecule has 0 spiro atoms. The lowest BCUT2D eigenvalue weighted by molar-refractivity contribution is -0.112. The predicted octanol–water partition coefficient (Wildman–Crippen LogP) is 2.87. The fourth-order valence-electron chi connectivity index (χ4n) is 2.01. The first-order valence-corrected chi connectivity index (χ1v) is 7.27. The smallest absolute Gasteiger partial charge is 0.267 e. The van der Waals surface area contributed by atoms with Crippen LogP contribution in [0.5, 0.6) is 17.2 Å². The summed E-state index contributed by atoms with van der Waals surface area (Å²) in [5, 5.41) is 24.2. The van der Waals surface area contributed by atoms with Crippen molar-refractivity contribution in [2.75, 3.05) is 24.9 Å². The SMILES string of the molecule is COc1ccc(NC(=O)/C(C#N)=C\Nc2ccccc2O)cc1OC. The van der Waals surface area contributed by atoms with Crippen molar-refractivity contribution in [3.8, 4) is 23.3 Å². The lowest BCUT2D eigenvalue weighted by Gasteiger charge is -2.10. The van der Waals surface area contributed by atoms with Crippen molar-refractivity contribution in [2.24, 2.45) is 0 Å². The Morgan fingerprint density at radius 2 is 1.88 bits per heavy atom. The van der Waals surface area contributed by atoms with Gasteiger partial charge in [-0.15, -0.1) is 0 Å². The molecule has 2 rings (SSSR count). The number of amides is 1. The third-order valence-electron chi connectivity index (χ3n) is 3.28. The predicted molar refractivity (Wildman–Crippen MR) is 93.6 cm³/mol. The molecule has 0 aliphatic rings. The topological polar surface area (TPSA) is 104 Å². The summed E-state index contributed by atoms with van der Waals surface area (Å²) in [5.74, 6) is 0.391. The monoisotopic (exact) mass is 339 g/mol. The Balaban J connectivity index is 2.14. The van der Waals surface area contributed by atoms with E-state index < -0.39 is 5.91 Å². The van der Waals surface area contributed by atoms with E-state index in [-0.39, 0.29) is 11.3 Å². The van der Waals surface area contributed by atoms with Crippen molar-refractivity contribution in [3.63, 3.8) is 0 Å². The van der Waals surface area contributed by atoms with E-state index in [2.05, 4.69) is 10.6 Å². The minimum Gasteiger partial charge on any atom is -0.506 e. The number of rotatable bonds is 6. The molecule has 0 heterocycles. The van der Waals surface area contributed by atoms with Crippen LogP contribution in [-0.2, 0) is 4.79 Å². The number of ether oxygens (including phenoxy) is 2. The highest BCUT2D eigenvalue weighted by molar-refractivity contribution is 6.06. The molecule has 0 bridgehead atoms. The molecule has 2 aromatic carbocycles. The van der Waals surface area contributed by atoms with Gasteiger partial charge in [0.25, 0.3) is 5.91 Å². The van der Waals surface area contributed by atoms with Gasteiger partial charge in [-0.05, 0) is 24.3 Å². The van der Waals surface area contributed by atoms with Crippen LogP contribution in [0.25, 0.3) is 0 Å². The zero-order chi connectivity index (χ0) is 18.2. The van der Waals surface area contributed by atoms with Crippen molar-refractivity contribution in [2.45, 2.75) is 0 Å². The minimum absolute atomic E-state index is 0.0105. The fourth-order valence-corrected chi connectivity index (χ4v) is 2.01. The van der Waals surface area contributed by atoms with Crippen molar-refractivity contribution < 1.29 is 19.4 Å². The average Bonchev–Trinajstić information content (AvgIpc) is 2.63. The van der Waals surface area contributed by atoms with E-state index in [4.69, 9.17) is 9.47 Å². The number of anilines is 2. The maximum absolute atomic E-state index is 12.2. The summed E-state index contributed by atoms with van der Waals surface area (Å²) in [7, 11) is 3.00. The Hall–Kier alpha value is -3.66. The number of hydrogen-bond donors (Lipinski definition) is 3. The van der Waals surface area contributed by atoms with Gasteiger partial charge in [0, 0.05) is 18.0 Å². The van der Waals surface area contributed by atoms with Crippen molar-refractivity contribution in [1.82, 2.24) is 0 Å². The summed E-state index contributed by atoms with van der Waals surface area (Å²) in [6.07, 6.45) is 1.23. The molecule has 0 aromatic heterocycles. The van der Waals surface area contributed by atoms with E-state index >= 15 is 0 Å². The molecular formula is C18H17N3O4. The van der Waals surface area contributed by atoms with Gasteiger partial charge in [-0.1, -0.05) is 12.1 Å². The molecule has 0 fully saturated rings. The van der Waals surface area contributed by atoms with Gasteiger partial charge in [-0.25, -0.2) is 0 Å². The Kier molecular flexibility index (Phi) is 5.85. The van der Waals surface area contributed by atoms with Gasteiger partial charge < -0.3 is 25.2 Å². The molecule has 0 unspecified atom stereocenters. The van der Waals surface area contributed by atoms with Crippen molar-refractivity contribution in [1.29, 1.82) is 5.26 Å². The Morgan fingerprint density at radius 3 is 2.52 bits per heavy atom. The molecule has 7 nitrogen and oxygen atoms in total. The average molecular weight is 339 g/mol. The first kappa shape index (κ1) is 17.7. The number of methoxy groups -OCH3 is 2. The molecule has 0 aliphatic carbocycles. The van der Waals surface area contributed by atoms with Crippen LogP contribution in [0.1, 0.15) is 0 Å². The number of carbonyl (C=O) groups excluding carboxylic acids is 1. The second-order valence-electron chi connectivity index (χ2n) is 4.86. The molecule has 0 atom stereocenters.